The van der Waals surface area contributed by atoms with Crippen LogP contribution < -0.4 is 19.5 Å². The molecule has 1 aliphatic rings. The molecule has 0 saturated carbocycles. The Bertz CT molecular complexity index is 344. The van der Waals surface area contributed by atoms with E-state index in [9.17, 15) is 0 Å². The van der Waals surface area contributed by atoms with Gasteiger partial charge in [0.25, 0.3) is 0 Å². The van der Waals surface area contributed by atoms with E-state index in [4.69, 9.17) is 14.2 Å². The molecule has 1 heterocycles. The Morgan fingerprint density at radius 3 is 2.87 bits per heavy atom. The molecule has 0 aromatic heterocycles. The van der Waals surface area contributed by atoms with Gasteiger partial charge in [-0.1, -0.05) is 0 Å². The maximum Gasteiger partial charge on any atom is 0.231 e. The first-order chi connectivity index (χ1) is 6.85. The summed E-state index contributed by atoms with van der Waals surface area (Å²) in [6.07, 6.45) is 0. The molecule has 0 radical (unpaired) electrons. The van der Waals surface area contributed by atoms with Crippen LogP contribution in [0.4, 0.5) is 0 Å². The van der Waals surface area contributed by atoms with Gasteiger partial charge in [0.1, 0.15) is 0 Å². The third kappa shape index (κ3) is 2.27. The molecule has 0 atom stereocenters. The van der Waals surface area contributed by atoms with Crippen LogP contribution in [0.3, 0.4) is 0 Å². The first-order valence-corrected chi connectivity index (χ1v) is 4.46. The van der Waals surface area contributed by atoms with Crippen LogP contribution in [0, 0.1) is 0 Å². The summed E-state index contributed by atoms with van der Waals surface area (Å²) >= 11 is 0. The van der Waals surface area contributed by atoms with E-state index in [0.717, 1.165) is 23.6 Å². The molecular formula is C10H14ClNO3. The molecule has 0 unspecified atom stereocenters. The van der Waals surface area contributed by atoms with Crippen LogP contribution in [-0.2, 0) is 6.54 Å². The number of hydrogen-bond acceptors (Lipinski definition) is 4. The van der Waals surface area contributed by atoms with Gasteiger partial charge in [-0.3, -0.25) is 0 Å². The van der Waals surface area contributed by atoms with Gasteiger partial charge >= 0.3 is 0 Å². The van der Waals surface area contributed by atoms with Crippen LogP contribution in [0.2, 0.25) is 0 Å². The van der Waals surface area contributed by atoms with Crippen molar-refractivity contribution in [3.63, 3.8) is 0 Å². The molecule has 84 valence electrons. The van der Waals surface area contributed by atoms with Gasteiger partial charge in [0.15, 0.2) is 11.5 Å². The molecule has 0 aliphatic carbocycles. The molecule has 1 aliphatic heterocycles. The molecule has 1 N–H and O–H groups in total. The number of benzene rings is 1. The van der Waals surface area contributed by atoms with Gasteiger partial charge in [-0.05, 0) is 24.7 Å². The SMILES string of the molecule is CNCc1cc(OC)c2c(c1)OCO2.Cl. The van der Waals surface area contributed by atoms with Crippen molar-refractivity contribution in [3.05, 3.63) is 17.7 Å². The maximum absolute atomic E-state index is 5.30. The first-order valence-electron chi connectivity index (χ1n) is 4.46. The fourth-order valence-corrected chi connectivity index (χ4v) is 1.49. The third-order valence-electron chi connectivity index (χ3n) is 2.10. The van der Waals surface area contributed by atoms with Crippen molar-refractivity contribution in [2.75, 3.05) is 21.0 Å². The molecule has 5 heteroatoms. The maximum atomic E-state index is 5.30. The highest BCUT2D eigenvalue weighted by Gasteiger charge is 2.19. The predicted octanol–water partition coefficient (Wildman–Crippen LogP) is 1.57. The van der Waals surface area contributed by atoms with E-state index in [-0.39, 0.29) is 19.2 Å². The molecule has 2 rings (SSSR count). The van der Waals surface area contributed by atoms with Crippen molar-refractivity contribution in [1.29, 1.82) is 0 Å². The summed E-state index contributed by atoms with van der Waals surface area (Å²) in [5.74, 6) is 2.19. The van der Waals surface area contributed by atoms with E-state index < -0.39 is 0 Å². The molecule has 0 bridgehead atoms. The summed E-state index contributed by atoms with van der Waals surface area (Å²) in [4.78, 5) is 0. The van der Waals surface area contributed by atoms with Gasteiger partial charge < -0.3 is 19.5 Å². The van der Waals surface area contributed by atoms with Crippen molar-refractivity contribution >= 4 is 12.4 Å². The lowest BCUT2D eigenvalue weighted by atomic mass is 10.2. The van der Waals surface area contributed by atoms with Crippen molar-refractivity contribution in [2.24, 2.45) is 0 Å². The molecule has 0 amide bonds. The molecule has 0 spiro atoms. The van der Waals surface area contributed by atoms with Gasteiger partial charge in [-0.15, -0.1) is 12.4 Å². The minimum atomic E-state index is 0. The number of nitrogens with one attached hydrogen (secondary N) is 1. The summed E-state index contributed by atoms with van der Waals surface area (Å²) in [6.45, 7) is 1.06. The quantitative estimate of drug-likeness (QED) is 0.857. The van der Waals surface area contributed by atoms with Crippen LogP contribution in [0.5, 0.6) is 17.2 Å². The van der Waals surface area contributed by atoms with Crippen molar-refractivity contribution in [1.82, 2.24) is 5.32 Å². The lowest BCUT2D eigenvalue weighted by Gasteiger charge is -2.07. The average Bonchev–Trinajstić information content (AvgIpc) is 2.65. The molecular weight excluding hydrogens is 218 g/mol. The van der Waals surface area contributed by atoms with Crippen molar-refractivity contribution in [3.8, 4) is 17.2 Å². The van der Waals surface area contributed by atoms with Gasteiger partial charge in [0, 0.05) is 6.54 Å². The van der Waals surface area contributed by atoms with E-state index in [1.54, 1.807) is 7.11 Å². The topological polar surface area (TPSA) is 39.7 Å². The van der Waals surface area contributed by atoms with Crippen molar-refractivity contribution in [2.45, 2.75) is 6.54 Å². The van der Waals surface area contributed by atoms with Crippen LogP contribution in [-0.4, -0.2) is 21.0 Å². The smallest absolute Gasteiger partial charge is 0.231 e. The largest absolute Gasteiger partial charge is 0.493 e. The Labute approximate surface area is 94.9 Å². The Morgan fingerprint density at radius 2 is 2.20 bits per heavy atom. The summed E-state index contributed by atoms with van der Waals surface area (Å²) in [7, 11) is 3.53. The molecule has 1 aromatic carbocycles. The highest BCUT2D eigenvalue weighted by molar-refractivity contribution is 5.85. The number of halogens is 1. The van der Waals surface area contributed by atoms with Gasteiger partial charge in [0.2, 0.25) is 12.5 Å². The average molecular weight is 232 g/mol. The van der Waals surface area contributed by atoms with E-state index >= 15 is 0 Å². The number of ether oxygens (including phenoxy) is 3. The predicted molar refractivity (Wildman–Crippen MR) is 59.1 cm³/mol. The zero-order valence-electron chi connectivity index (χ0n) is 8.70. The van der Waals surface area contributed by atoms with Crippen LogP contribution in [0.25, 0.3) is 0 Å². The number of fused-ring (bicyclic) bond motifs is 1. The number of methoxy groups -OCH3 is 1. The lowest BCUT2D eigenvalue weighted by molar-refractivity contribution is 0.171. The van der Waals surface area contributed by atoms with E-state index in [1.165, 1.54) is 0 Å². The Kier molecular flexibility index (Phi) is 4.05. The van der Waals surface area contributed by atoms with E-state index in [2.05, 4.69) is 5.32 Å². The second kappa shape index (κ2) is 5.09. The normalized spacial score (nSPS) is 12.1. The fourth-order valence-electron chi connectivity index (χ4n) is 1.49. The number of rotatable bonds is 3. The monoisotopic (exact) mass is 231 g/mol. The first kappa shape index (κ1) is 11.9. The highest BCUT2D eigenvalue weighted by Crippen LogP contribution is 2.41. The van der Waals surface area contributed by atoms with Crippen molar-refractivity contribution < 1.29 is 14.2 Å². The Morgan fingerprint density at radius 1 is 1.40 bits per heavy atom. The zero-order valence-corrected chi connectivity index (χ0v) is 9.52. The molecule has 0 fully saturated rings. The van der Waals surface area contributed by atoms with Crippen LogP contribution >= 0.6 is 12.4 Å². The molecule has 0 saturated heterocycles. The van der Waals surface area contributed by atoms with Gasteiger partial charge in [0.05, 0.1) is 7.11 Å². The summed E-state index contributed by atoms with van der Waals surface area (Å²) in [5.41, 5.74) is 1.12. The Hall–Kier alpha value is -1.13. The summed E-state index contributed by atoms with van der Waals surface area (Å²) < 4.78 is 15.8. The summed E-state index contributed by atoms with van der Waals surface area (Å²) in [6, 6.07) is 3.91. The minimum absolute atomic E-state index is 0. The number of hydrogen-bond donors (Lipinski definition) is 1. The standard InChI is InChI=1S/C10H13NO3.ClH/c1-11-5-7-3-8(12-2)10-9(4-7)13-6-14-10;/h3-4,11H,5-6H2,1-2H3;1H. The van der Waals surface area contributed by atoms with Crippen LogP contribution in [0.15, 0.2) is 12.1 Å². The van der Waals surface area contributed by atoms with E-state index in [0.29, 0.717) is 5.75 Å². The molecule has 4 nitrogen and oxygen atoms in total. The third-order valence-corrected chi connectivity index (χ3v) is 2.10. The second-order valence-electron chi connectivity index (χ2n) is 3.06. The molecule has 15 heavy (non-hydrogen) atoms. The zero-order chi connectivity index (χ0) is 9.97. The van der Waals surface area contributed by atoms with Gasteiger partial charge in [-0.25, -0.2) is 0 Å². The fraction of sp³-hybridized carbons (Fsp3) is 0.400. The second-order valence-corrected chi connectivity index (χ2v) is 3.06. The lowest BCUT2D eigenvalue weighted by Crippen LogP contribution is -2.05. The van der Waals surface area contributed by atoms with Gasteiger partial charge in [-0.2, -0.15) is 0 Å². The minimum Gasteiger partial charge on any atom is -0.493 e. The van der Waals surface area contributed by atoms with Crippen LogP contribution in [0.1, 0.15) is 5.56 Å². The summed E-state index contributed by atoms with van der Waals surface area (Å²) in [5, 5.41) is 3.07. The van der Waals surface area contributed by atoms with E-state index in [1.807, 2.05) is 19.2 Å². The highest BCUT2D eigenvalue weighted by atomic mass is 35.5. The molecule has 1 aromatic rings. The Balaban J connectivity index is 0.00000112.